The van der Waals surface area contributed by atoms with Crippen molar-refractivity contribution in [3.8, 4) is 5.75 Å². The van der Waals surface area contributed by atoms with Crippen LogP contribution < -0.4 is 10.1 Å². The summed E-state index contributed by atoms with van der Waals surface area (Å²) in [5.74, 6) is 0.506. The number of nitrogens with one attached hydrogen (secondary N) is 1. The molecular weight excluding hydrogens is 320 g/mol. The number of methoxy groups -OCH3 is 1. The van der Waals surface area contributed by atoms with Crippen LogP contribution in [0.5, 0.6) is 5.75 Å². The fourth-order valence-corrected chi connectivity index (χ4v) is 3.11. The minimum absolute atomic E-state index is 0.204. The average molecular weight is 333 g/mol. The summed E-state index contributed by atoms with van der Waals surface area (Å²) in [7, 11) is 1.59. The molecule has 0 spiro atoms. The summed E-state index contributed by atoms with van der Waals surface area (Å²) < 4.78 is 6.07. The molecule has 0 unspecified atom stereocenters. The quantitative estimate of drug-likeness (QED) is 0.767. The van der Waals surface area contributed by atoms with Crippen molar-refractivity contribution < 1.29 is 9.53 Å². The molecule has 3 rings (SSSR count). The van der Waals surface area contributed by atoms with Gasteiger partial charge in [0.25, 0.3) is 5.91 Å². The first-order chi connectivity index (χ1) is 10.6. The minimum atomic E-state index is -0.204. The van der Waals surface area contributed by atoms with Crippen molar-refractivity contribution in [3.05, 3.63) is 52.5 Å². The molecule has 1 amide bonds. The number of halogens is 1. The van der Waals surface area contributed by atoms with Gasteiger partial charge in [-0.05, 0) is 48.9 Å². The number of hydrogen-bond donors (Lipinski definition) is 1. The predicted molar refractivity (Wildman–Crippen MR) is 90.3 cm³/mol. The van der Waals surface area contributed by atoms with E-state index in [-0.39, 0.29) is 5.91 Å². The highest BCUT2D eigenvalue weighted by Crippen LogP contribution is 2.30. The van der Waals surface area contributed by atoms with Crippen LogP contribution in [0.3, 0.4) is 0 Å². The smallest absolute Gasteiger partial charge is 0.257 e. The number of ether oxygens (including phenoxy) is 1. The van der Waals surface area contributed by atoms with Crippen molar-refractivity contribution in [1.82, 2.24) is 4.98 Å². The zero-order chi connectivity index (χ0) is 15.7. The maximum Gasteiger partial charge on any atom is 0.257 e. The van der Waals surface area contributed by atoms with Gasteiger partial charge in [-0.2, -0.15) is 0 Å². The Morgan fingerprint density at radius 1 is 1.27 bits per heavy atom. The first-order valence-corrected chi connectivity index (χ1v) is 7.78. The zero-order valence-corrected chi connectivity index (χ0v) is 13.6. The Morgan fingerprint density at radius 2 is 2.00 bits per heavy atom. The number of hydrogen-bond acceptors (Lipinski definition) is 4. The number of aromatic nitrogens is 1. The van der Waals surface area contributed by atoms with E-state index in [1.165, 1.54) is 11.3 Å². The Morgan fingerprint density at radius 3 is 2.68 bits per heavy atom. The van der Waals surface area contributed by atoms with E-state index in [9.17, 15) is 4.79 Å². The molecule has 6 heteroatoms. The van der Waals surface area contributed by atoms with Crippen molar-refractivity contribution in [1.29, 1.82) is 0 Å². The maximum absolute atomic E-state index is 12.2. The summed E-state index contributed by atoms with van der Waals surface area (Å²) in [4.78, 5) is 16.6. The number of benzene rings is 2. The van der Waals surface area contributed by atoms with E-state index in [1.807, 2.05) is 19.1 Å². The number of nitrogens with zero attached hydrogens (tertiary/aromatic N) is 1. The first-order valence-electron chi connectivity index (χ1n) is 6.59. The lowest BCUT2D eigenvalue weighted by Crippen LogP contribution is -2.11. The number of amides is 1. The fourth-order valence-electron chi connectivity index (χ4n) is 2.02. The third-order valence-electron chi connectivity index (χ3n) is 3.24. The normalized spacial score (nSPS) is 10.7. The van der Waals surface area contributed by atoms with Gasteiger partial charge in [-0.25, -0.2) is 4.98 Å². The third kappa shape index (κ3) is 2.91. The molecule has 1 aromatic heterocycles. The minimum Gasteiger partial charge on any atom is -0.497 e. The molecule has 0 saturated heterocycles. The molecule has 22 heavy (non-hydrogen) atoms. The monoisotopic (exact) mass is 332 g/mol. The molecule has 0 aliphatic carbocycles. The number of carbonyl (C=O) groups excluding carboxylic acids is 1. The van der Waals surface area contributed by atoms with Gasteiger partial charge in [0.05, 0.1) is 17.3 Å². The first kappa shape index (κ1) is 14.8. The molecule has 0 saturated carbocycles. The van der Waals surface area contributed by atoms with Crippen molar-refractivity contribution in [2.45, 2.75) is 6.92 Å². The van der Waals surface area contributed by atoms with Gasteiger partial charge in [-0.3, -0.25) is 10.1 Å². The topological polar surface area (TPSA) is 51.2 Å². The number of thiazole rings is 1. The van der Waals surface area contributed by atoms with Crippen LogP contribution in [0.2, 0.25) is 5.02 Å². The molecule has 2 aromatic carbocycles. The predicted octanol–water partition coefficient (Wildman–Crippen LogP) is 4.52. The third-order valence-corrected chi connectivity index (χ3v) is 4.58. The van der Waals surface area contributed by atoms with E-state index in [0.717, 1.165) is 15.8 Å². The van der Waals surface area contributed by atoms with Crippen LogP contribution in [0.1, 0.15) is 15.9 Å². The second-order valence-electron chi connectivity index (χ2n) is 4.77. The van der Waals surface area contributed by atoms with Crippen molar-refractivity contribution in [2.24, 2.45) is 0 Å². The van der Waals surface area contributed by atoms with Gasteiger partial charge in [0.1, 0.15) is 5.75 Å². The second-order valence-corrected chi connectivity index (χ2v) is 6.21. The Labute approximate surface area is 136 Å². The number of rotatable bonds is 3. The summed E-state index contributed by atoms with van der Waals surface area (Å²) in [6.45, 7) is 1.94. The molecule has 4 nitrogen and oxygen atoms in total. The zero-order valence-electron chi connectivity index (χ0n) is 12.0. The number of aryl methyl sites for hydroxylation is 1. The van der Waals surface area contributed by atoms with Crippen LogP contribution in [0.25, 0.3) is 10.2 Å². The van der Waals surface area contributed by atoms with Crippen LogP contribution in [0, 0.1) is 6.92 Å². The molecular formula is C16H13ClN2O2S. The Kier molecular flexibility index (Phi) is 4.00. The molecule has 0 atom stereocenters. The molecule has 1 N–H and O–H groups in total. The highest BCUT2D eigenvalue weighted by Gasteiger charge is 2.11. The summed E-state index contributed by atoms with van der Waals surface area (Å²) in [5, 5.41) is 4.03. The van der Waals surface area contributed by atoms with Crippen LogP contribution in [0.15, 0.2) is 36.4 Å². The van der Waals surface area contributed by atoms with E-state index in [2.05, 4.69) is 10.3 Å². The van der Waals surface area contributed by atoms with Crippen molar-refractivity contribution in [2.75, 3.05) is 12.4 Å². The number of fused-ring (bicyclic) bond motifs is 1. The summed E-state index contributed by atoms with van der Waals surface area (Å²) in [5.41, 5.74) is 2.32. The summed E-state index contributed by atoms with van der Waals surface area (Å²) >= 11 is 7.52. The lowest BCUT2D eigenvalue weighted by Gasteiger charge is -2.03. The Bertz CT molecular complexity index is 804. The second kappa shape index (κ2) is 5.94. The lowest BCUT2D eigenvalue weighted by molar-refractivity contribution is 0.102. The molecule has 0 aliphatic heterocycles. The molecule has 3 aromatic rings. The molecule has 1 heterocycles. The van der Waals surface area contributed by atoms with Gasteiger partial charge in [0.15, 0.2) is 5.13 Å². The Hall–Kier alpha value is -2.11. The van der Waals surface area contributed by atoms with Gasteiger partial charge in [-0.15, -0.1) is 0 Å². The van der Waals surface area contributed by atoms with E-state index in [0.29, 0.717) is 21.5 Å². The fraction of sp³-hybridized carbons (Fsp3) is 0.125. The largest absolute Gasteiger partial charge is 0.497 e. The SMILES string of the molecule is COc1ccc(C(=O)Nc2nc3cc(Cl)c(C)cc3s2)cc1. The highest BCUT2D eigenvalue weighted by atomic mass is 35.5. The van der Waals surface area contributed by atoms with Crippen LogP contribution in [-0.2, 0) is 0 Å². The van der Waals surface area contributed by atoms with Gasteiger partial charge in [0, 0.05) is 10.6 Å². The molecule has 112 valence electrons. The van der Waals surface area contributed by atoms with E-state index in [1.54, 1.807) is 31.4 Å². The molecule has 0 fully saturated rings. The van der Waals surface area contributed by atoms with Crippen LogP contribution >= 0.6 is 22.9 Å². The number of anilines is 1. The lowest BCUT2D eigenvalue weighted by atomic mass is 10.2. The van der Waals surface area contributed by atoms with E-state index >= 15 is 0 Å². The van der Waals surface area contributed by atoms with E-state index < -0.39 is 0 Å². The van der Waals surface area contributed by atoms with Gasteiger partial charge < -0.3 is 4.74 Å². The molecule has 0 bridgehead atoms. The van der Waals surface area contributed by atoms with Crippen LogP contribution in [0.4, 0.5) is 5.13 Å². The number of carbonyl (C=O) groups is 1. The highest BCUT2D eigenvalue weighted by molar-refractivity contribution is 7.22. The summed E-state index contributed by atoms with van der Waals surface area (Å²) in [6, 6.07) is 10.7. The summed E-state index contributed by atoms with van der Waals surface area (Å²) in [6.07, 6.45) is 0. The van der Waals surface area contributed by atoms with E-state index in [4.69, 9.17) is 16.3 Å². The maximum atomic E-state index is 12.2. The Balaban J connectivity index is 1.84. The van der Waals surface area contributed by atoms with Crippen molar-refractivity contribution in [3.63, 3.8) is 0 Å². The average Bonchev–Trinajstić information content (AvgIpc) is 2.89. The van der Waals surface area contributed by atoms with Gasteiger partial charge >= 0.3 is 0 Å². The molecule has 0 aliphatic rings. The van der Waals surface area contributed by atoms with Crippen LogP contribution in [-0.4, -0.2) is 18.0 Å². The van der Waals surface area contributed by atoms with Gasteiger partial charge in [0.2, 0.25) is 0 Å². The van der Waals surface area contributed by atoms with Crippen molar-refractivity contribution >= 4 is 44.2 Å². The molecule has 0 radical (unpaired) electrons. The van der Waals surface area contributed by atoms with Gasteiger partial charge in [-0.1, -0.05) is 22.9 Å². The standard InChI is InChI=1S/C16H13ClN2O2S/c1-9-7-14-13(8-12(9)17)18-16(22-14)19-15(20)10-3-5-11(21-2)6-4-10/h3-8H,1-2H3,(H,18,19,20).